The molecule has 3 unspecified atom stereocenters. The number of hydrogen-bond acceptors (Lipinski definition) is 2. The highest BCUT2D eigenvalue weighted by Gasteiger charge is 2.32. The minimum absolute atomic E-state index is 0.422. The van der Waals surface area contributed by atoms with Gasteiger partial charge >= 0.3 is 0 Å². The van der Waals surface area contributed by atoms with E-state index < -0.39 is 0 Å². The van der Waals surface area contributed by atoms with Gasteiger partial charge in [0.2, 0.25) is 0 Å². The second kappa shape index (κ2) is 3.35. The van der Waals surface area contributed by atoms with Crippen LogP contribution in [0.2, 0.25) is 0 Å². The van der Waals surface area contributed by atoms with E-state index in [0.717, 1.165) is 12.5 Å². The molecule has 3 atom stereocenters. The fraction of sp³-hybridized carbons (Fsp3) is 1.00. The molecule has 2 rings (SSSR count). The fourth-order valence-corrected chi connectivity index (χ4v) is 2.02. The third kappa shape index (κ3) is 1.80. The van der Waals surface area contributed by atoms with Crippen molar-refractivity contribution in [3.63, 3.8) is 0 Å². The van der Waals surface area contributed by atoms with Gasteiger partial charge in [0.05, 0.1) is 6.10 Å². The van der Waals surface area contributed by atoms with Crippen LogP contribution in [0.3, 0.4) is 0 Å². The van der Waals surface area contributed by atoms with E-state index in [4.69, 9.17) is 4.74 Å². The molecule has 70 valence electrons. The maximum Gasteiger partial charge on any atom is 0.0700 e. The van der Waals surface area contributed by atoms with Crippen LogP contribution in [-0.2, 0) is 4.74 Å². The first-order chi connectivity index (χ1) is 5.77. The van der Waals surface area contributed by atoms with Gasteiger partial charge in [0.15, 0.2) is 0 Å². The SMILES string of the molecule is CC(NC1CCOC1C)C1CC1. The molecule has 1 saturated heterocycles. The molecule has 0 amide bonds. The quantitative estimate of drug-likeness (QED) is 0.692. The zero-order valence-corrected chi connectivity index (χ0v) is 8.05. The summed E-state index contributed by atoms with van der Waals surface area (Å²) in [6, 6.07) is 1.32. The van der Waals surface area contributed by atoms with Crippen molar-refractivity contribution in [1.82, 2.24) is 5.32 Å². The molecule has 1 aliphatic carbocycles. The van der Waals surface area contributed by atoms with Gasteiger partial charge in [-0.1, -0.05) is 0 Å². The predicted molar refractivity (Wildman–Crippen MR) is 49.1 cm³/mol. The monoisotopic (exact) mass is 169 g/mol. The molecule has 0 bridgehead atoms. The Kier molecular flexibility index (Phi) is 2.37. The summed E-state index contributed by atoms with van der Waals surface area (Å²) in [5.41, 5.74) is 0. The van der Waals surface area contributed by atoms with E-state index >= 15 is 0 Å². The van der Waals surface area contributed by atoms with Gasteiger partial charge in [-0.05, 0) is 39.0 Å². The number of hydrogen-bond donors (Lipinski definition) is 1. The highest BCUT2D eigenvalue weighted by molar-refractivity contribution is 4.88. The van der Waals surface area contributed by atoms with Crippen molar-refractivity contribution in [2.45, 2.75) is 51.3 Å². The minimum Gasteiger partial charge on any atom is -0.377 e. The molecule has 12 heavy (non-hydrogen) atoms. The maximum atomic E-state index is 5.50. The Labute approximate surface area is 74.7 Å². The molecule has 2 aliphatic rings. The first kappa shape index (κ1) is 8.52. The van der Waals surface area contributed by atoms with Crippen LogP contribution in [0.1, 0.15) is 33.1 Å². The average Bonchev–Trinajstić information content (AvgIpc) is 2.80. The smallest absolute Gasteiger partial charge is 0.0700 e. The van der Waals surface area contributed by atoms with E-state index in [1.165, 1.54) is 19.3 Å². The van der Waals surface area contributed by atoms with Crippen molar-refractivity contribution < 1.29 is 4.74 Å². The van der Waals surface area contributed by atoms with Gasteiger partial charge < -0.3 is 10.1 Å². The van der Waals surface area contributed by atoms with E-state index in [1.807, 2.05) is 0 Å². The van der Waals surface area contributed by atoms with Gasteiger partial charge in [0.1, 0.15) is 0 Å². The topological polar surface area (TPSA) is 21.3 Å². The molecule has 1 aliphatic heterocycles. The van der Waals surface area contributed by atoms with E-state index in [9.17, 15) is 0 Å². The van der Waals surface area contributed by atoms with Gasteiger partial charge in [-0.2, -0.15) is 0 Å². The van der Waals surface area contributed by atoms with Crippen LogP contribution in [0.5, 0.6) is 0 Å². The molecule has 2 fully saturated rings. The summed E-state index contributed by atoms with van der Waals surface area (Å²) in [5, 5.41) is 3.67. The lowest BCUT2D eigenvalue weighted by Gasteiger charge is -2.21. The standard InChI is InChI=1S/C10H19NO/c1-7(9-3-4-9)11-10-5-6-12-8(10)2/h7-11H,3-6H2,1-2H3. The van der Waals surface area contributed by atoms with Crippen molar-refractivity contribution in [2.75, 3.05) is 6.61 Å². The third-order valence-electron chi connectivity index (χ3n) is 3.18. The van der Waals surface area contributed by atoms with Crippen LogP contribution in [0.25, 0.3) is 0 Å². The van der Waals surface area contributed by atoms with Gasteiger partial charge in [-0.3, -0.25) is 0 Å². The van der Waals surface area contributed by atoms with Crippen LogP contribution in [-0.4, -0.2) is 24.8 Å². The molecule has 2 heteroatoms. The summed E-state index contributed by atoms with van der Waals surface area (Å²) in [5.74, 6) is 0.956. The van der Waals surface area contributed by atoms with Crippen LogP contribution in [0.4, 0.5) is 0 Å². The Morgan fingerprint density at radius 2 is 2.08 bits per heavy atom. The van der Waals surface area contributed by atoms with Crippen molar-refractivity contribution in [1.29, 1.82) is 0 Å². The van der Waals surface area contributed by atoms with Gasteiger partial charge in [0.25, 0.3) is 0 Å². The maximum absolute atomic E-state index is 5.50. The molecule has 2 nitrogen and oxygen atoms in total. The minimum atomic E-state index is 0.422. The summed E-state index contributed by atoms with van der Waals surface area (Å²) < 4.78 is 5.50. The summed E-state index contributed by atoms with van der Waals surface area (Å²) >= 11 is 0. The van der Waals surface area contributed by atoms with E-state index in [1.54, 1.807) is 0 Å². The number of rotatable bonds is 3. The molecule has 1 N–H and O–H groups in total. The molecular weight excluding hydrogens is 150 g/mol. The molecule has 0 aromatic heterocycles. The van der Waals surface area contributed by atoms with E-state index in [2.05, 4.69) is 19.2 Å². The molecule has 1 saturated carbocycles. The highest BCUT2D eigenvalue weighted by Crippen LogP contribution is 2.33. The van der Waals surface area contributed by atoms with Crippen LogP contribution >= 0.6 is 0 Å². The first-order valence-electron chi connectivity index (χ1n) is 5.15. The molecule has 0 aromatic rings. The lowest BCUT2D eigenvalue weighted by molar-refractivity contribution is 0.110. The van der Waals surface area contributed by atoms with Crippen molar-refractivity contribution in [3.8, 4) is 0 Å². The first-order valence-corrected chi connectivity index (χ1v) is 5.15. The lowest BCUT2D eigenvalue weighted by Crippen LogP contribution is -2.41. The summed E-state index contributed by atoms with van der Waals surface area (Å²) in [4.78, 5) is 0. The normalized spacial score (nSPS) is 38.5. The Hall–Kier alpha value is -0.0800. The van der Waals surface area contributed by atoms with Crippen molar-refractivity contribution in [2.24, 2.45) is 5.92 Å². The fourth-order valence-electron chi connectivity index (χ4n) is 2.02. The number of nitrogens with one attached hydrogen (secondary N) is 1. The van der Waals surface area contributed by atoms with Crippen LogP contribution < -0.4 is 5.32 Å². The van der Waals surface area contributed by atoms with E-state index in [-0.39, 0.29) is 0 Å². The summed E-state index contributed by atoms with van der Waals surface area (Å²) in [6.07, 6.45) is 4.47. The summed E-state index contributed by atoms with van der Waals surface area (Å²) in [6.45, 7) is 5.42. The molecule has 0 aromatic carbocycles. The van der Waals surface area contributed by atoms with Crippen molar-refractivity contribution >= 4 is 0 Å². The van der Waals surface area contributed by atoms with Gasteiger partial charge in [-0.15, -0.1) is 0 Å². The summed E-state index contributed by atoms with van der Waals surface area (Å²) in [7, 11) is 0. The second-order valence-corrected chi connectivity index (χ2v) is 4.26. The Morgan fingerprint density at radius 3 is 2.58 bits per heavy atom. The predicted octanol–water partition coefficient (Wildman–Crippen LogP) is 1.55. The number of ether oxygens (including phenoxy) is 1. The van der Waals surface area contributed by atoms with Crippen LogP contribution in [0, 0.1) is 5.92 Å². The Morgan fingerprint density at radius 1 is 1.33 bits per heavy atom. The Balaban J connectivity index is 1.76. The Bertz CT molecular complexity index is 156. The van der Waals surface area contributed by atoms with Gasteiger partial charge in [-0.25, -0.2) is 0 Å². The highest BCUT2D eigenvalue weighted by atomic mass is 16.5. The molecule has 1 heterocycles. The van der Waals surface area contributed by atoms with Crippen molar-refractivity contribution in [3.05, 3.63) is 0 Å². The second-order valence-electron chi connectivity index (χ2n) is 4.26. The molecule has 0 spiro atoms. The zero-order valence-electron chi connectivity index (χ0n) is 8.05. The van der Waals surface area contributed by atoms with E-state index in [0.29, 0.717) is 18.2 Å². The lowest BCUT2D eigenvalue weighted by atomic mass is 10.1. The largest absolute Gasteiger partial charge is 0.377 e. The average molecular weight is 169 g/mol. The molecule has 0 radical (unpaired) electrons. The van der Waals surface area contributed by atoms with Crippen LogP contribution in [0.15, 0.2) is 0 Å². The zero-order chi connectivity index (χ0) is 8.55. The molecular formula is C10H19NO. The van der Waals surface area contributed by atoms with Gasteiger partial charge in [0, 0.05) is 18.7 Å². The third-order valence-corrected chi connectivity index (χ3v) is 3.18.